The van der Waals surface area contributed by atoms with E-state index in [4.69, 9.17) is 4.98 Å². The standard InChI is InChI=1S/C34H20N2/c1-4-10-28-23(7-1)27-16-20-15-21-18-35-14-13-22(21)26(20)17-30(27)34(28)29-11-5-2-8-24(29)33-25-9-3-6-12-32(25)36-19-31(33)34/h1-14,16-19H,15H2. The number of benzene rings is 4. The third kappa shape index (κ3) is 2.02. The van der Waals surface area contributed by atoms with Gasteiger partial charge in [0.15, 0.2) is 0 Å². The van der Waals surface area contributed by atoms with E-state index in [9.17, 15) is 0 Å². The molecule has 1 unspecified atom stereocenters. The van der Waals surface area contributed by atoms with Crippen molar-refractivity contribution in [1.82, 2.24) is 9.97 Å². The van der Waals surface area contributed by atoms with Crippen LogP contribution >= 0.6 is 0 Å². The molecule has 0 bridgehead atoms. The van der Waals surface area contributed by atoms with E-state index in [0.29, 0.717) is 0 Å². The average molecular weight is 457 g/mol. The third-order valence-electron chi connectivity index (χ3n) is 8.62. The Morgan fingerprint density at radius 2 is 1.33 bits per heavy atom. The molecular weight excluding hydrogens is 436 g/mol. The van der Waals surface area contributed by atoms with Gasteiger partial charge in [0.05, 0.1) is 10.9 Å². The number of hydrogen-bond donors (Lipinski definition) is 0. The maximum Gasteiger partial charge on any atom is 0.0741 e. The van der Waals surface area contributed by atoms with Gasteiger partial charge in [-0.1, -0.05) is 66.7 Å². The molecule has 9 rings (SSSR count). The molecule has 36 heavy (non-hydrogen) atoms. The fourth-order valence-corrected chi connectivity index (χ4v) is 7.27. The normalized spacial score (nSPS) is 17.4. The lowest BCUT2D eigenvalue weighted by Gasteiger charge is -2.30. The summed E-state index contributed by atoms with van der Waals surface area (Å²) in [6.45, 7) is 0. The zero-order valence-corrected chi connectivity index (χ0v) is 19.5. The van der Waals surface area contributed by atoms with Gasteiger partial charge in [-0.2, -0.15) is 0 Å². The Labute approximate surface area is 208 Å². The second-order valence-corrected chi connectivity index (χ2v) is 10.2. The minimum absolute atomic E-state index is 0.375. The zero-order chi connectivity index (χ0) is 23.4. The average Bonchev–Trinajstić information content (AvgIpc) is 3.55. The van der Waals surface area contributed by atoms with E-state index in [-0.39, 0.29) is 5.41 Å². The Bertz CT molecular complexity index is 1930. The van der Waals surface area contributed by atoms with Crippen molar-refractivity contribution in [2.75, 3.05) is 0 Å². The Kier molecular flexibility index (Phi) is 3.31. The maximum absolute atomic E-state index is 5.00. The lowest BCUT2D eigenvalue weighted by atomic mass is 9.70. The van der Waals surface area contributed by atoms with Gasteiger partial charge >= 0.3 is 0 Å². The summed E-state index contributed by atoms with van der Waals surface area (Å²) in [6.07, 6.45) is 7.04. The number of para-hydroxylation sites is 1. The number of fused-ring (bicyclic) bond motifs is 15. The SMILES string of the molecule is c1ccc2c(c1)-c1cc3c(cc1C21c2ccccc2-c2c1cnc1ccccc21)-c1ccncc1C3. The van der Waals surface area contributed by atoms with Gasteiger partial charge in [0.25, 0.3) is 0 Å². The van der Waals surface area contributed by atoms with E-state index < -0.39 is 0 Å². The molecule has 3 aliphatic carbocycles. The minimum atomic E-state index is -0.375. The highest BCUT2D eigenvalue weighted by Gasteiger charge is 2.52. The lowest BCUT2D eigenvalue weighted by Crippen LogP contribution is -2.26. The molecule has 4 aromatic carbocycles. The van der Waals surface area contributed by atoms with Crippen LogP contribution in [-0.2, 0) is 11.8 Å². The molecule has 2 heterocycles. The Hall–Kier alpha value is -4.56. The Morgan fingerprint density at radius 3 is 2.25 bits per heavy atom. The topological polar surface area (TPSA) is 25.8 Å². The van der Waals surface area contributed by atoms with E-state index in [0.717, 1.165) is 11.9 Å². The van der Waals surface area contributed by atoms with Crippen molar-refractivity contribution in [2.24, 2.45) is 0 Å². The molecule has 0 amide bonds. The summed E-state index contributed by atoms with van der Waals surface area (Å²) in [7, 11) is 0. The monoisotopic (exact) mass is 456 g/mol. The zero-order valence-electron chi connectivity index (χ0n) is 19.5. The Morgan fingerprint density at radius 1 is 0.556 bits per heavy atom. The molecule has 0 N–H and O–H groups in total. The van der Waals surface area contributed by atoms with E-state index >= 15 is 0 Å². The molecule has 1 atom stereocenters. The van der Waals surface area contributed by atoms with Crippen molar-refractivity contribution in [3.05, 3.63) is 143 Å². The van der Waals surface area contributed by atoms with Gasteiger partial charge in [0.1, 0.15) is 0 Å². The van der Waals surface area contributed by atoms with Crippen LogP contribution in [-0.4, -0.2) is 9.97 Å². The van der Waals surface area contributed by atoms with Crippen molar-refractivity contribution in [3.63, 3.8) is 0 Å². The van der Waals surface area contributed by atoms with E-state index in [1.807, 2.05) is 12.4 Å². The first-order chi connectivity index (χ1) is 17.9. The number of rotatable bonds is 0. The van der Waals surface area contributed by atoms with E-state index in [1.165, 1.54) is 72.1 Å². The van der Waals surface area contributed by atoms with Gasteiger partial charge in [-0.25, -0.2) is 0 Å². The minimum Gasteiger partial charge on any atom is -0.264 e. The highest BCUT2D eigenvalue weighted by molar-refractivity contribution is 6.05. The van der Waals surface area contributed by atoms with Gasteiger partial charge in [-0.05, 0) is 91.0 Å². The fraction of sp³-hybridized carbons (Fsp3) is 0.0588. The van der Waals surface area contributed by atoms with Gasteiger partial charge in [-0.3, -0.25) is 9.97 Å². The van der Waals surface area contributed by atoms with E-state index in [1.54, 1.807) is 0 Å². The second-order valence-electron chi connectivity index (χ2n) is 10.2. The van der Waals surface area contributed by atoms with Crippen LogP contribution in [0.1, 0.15) is 33.4 Å². The highest BCUT2D eigenvalue weighted by atomic mass is 14.7. The smallest absolute Gasteiger partial charge is 0.0741 e. The van der Waals surface area contributed by atoms with Crippen LogP contribution in [0.2, 0.25) is 0 Å². The van der Waals surface area contributed by atoms with Crippen LogP contribution in [0, 0.1) is 0 Å². The maximum atomic E-state index is 5.00. The Balaban J connectivity index is 1.48. The van der Waals surface area contributed by atoms with Gasteiger partial charge in [-0.15, -0.1) is 0 Å². The summed E-state index contributed by atoms with van der Waals surface area (Å²) in [5, 5.41) is 1.22. The van der Waals surface area contributed by atoms with Gasteiger partial charge in [0.2, 0.25) is 0 Å². The molecule has 6 aromatic rings. The highest BCUT2D eigenvalue weighted by Crippen LogP contribution is 2.64. The summed E-state index contributed by atoms with van der Waals surface area (Å²) >= 11 is 0. The van der Waals surface area contributed by atoms with Crippen LogP contribution in [0.3, 0.4) is 0 Å². The molecule has 0 radical (unpaired) electrons. The van der Waals surface area contributed by atoms with Crippen molar-refractivity contribution in [3.8, 4) is 33.4 Å². The largest absolute Gasteiger partial charge is 0.264 e. The molecule has 166 valence electrons. The van der Waals surface area contributed by atoms with Crippen LogP contribution in [0.15, 0.2) is 110 Å². The number of aromatic nitrogens is 2. The molecular formula is C34H20N2. The lowest BCUT2D eigenvalue weighted by molar-refractivity contribution is 0.790. The molecule has 3 aliphatic rings. The summed E-state index contributed by atoms with van der Waals surface area (Å²) in [4.78, 5) is 9.41. The second kappa shape index (κ2) is 6.35. The summed E-state index contributed by atoms with van der Waals surface area (Å²) < 4.78 is 0. The van der Waals surface area contributed by atoms with Crippen molar-refractivity contribution >= 4 is 10.9 Å². The van der Waals surface area contributed by atoms with E-state index in [2.05, 4.69) is 102 Å². The van der Waals surface area contributed by atoms with Crippen LogP contribution < -0.4 is 0 Å². The third-order valence-corrected chi connectivity index (χ3v) is 8.62. The molecule has 2 heteroatoms. The van der Waals surface area contributed by atoms with Crippen molar-refractivity contribution < 1.29 is 0 Å². The van der Waals surface area contributed by atoms with Crippen molar-refractivity contribution in [2.45, 2.75) is 11.8 Å². The molecule has 2 nitrogen and oxygen atoms in total. The van der Waals surface area contributed by atoms with Gasteiger partial charge in [0, 0.05) is 30.4 Å². The van der Waals surface area contributed by atoms with Crippen LogP contribution in [0.25, 0.3) is 44.3 Å². The van der Waals surface area contributed by atoms with Crippen LogP contribution in [0.4, 0.5) is 0 Å². The predicted octanol–water partition coefficient (Wildman–Crippen LogP) is 7.54. The predicted molar refractivity (Wildman–Crippen MR) is 144 cm³/mol. The van der Waals surface area contributed by atoms with Gasteiger partial charge < -0.3 is 0 Å². The fourth-order valence-electron chi connectivity index (χ4n) is 7.27. The summed E-state index contributed by atoms with van der Waals surface area (Å²) in [5.41, 5.74) is 16.8. The molecule has 2 aromatic heterocycles. The quantitative estimate of drug-likeness (QED) is 0.235. The molecule has 0 saturated carbocycles. The van der Waals surface area contributed by atoms with Crippen LogP contribution in [0.5, 0.6) is 0 Å². The number of hydrogen-bond acceptors (Lipinski definition) is 2. The number of pyridine rings is 2. The number of nitrogens with zero attached hydrogens (tertiary/aromatic N) is 2. The molecule has 0 saturated heterocycles. The summed E-state index contributed by atoms with van der Waals surface area (Å²) in [5.74, 6) is 0. The van der Waals surface area contributed by atoms with Crippen molar-refractivity contribution in [1.29, 1.82) is 0 Å². The first kappa shape index (κ1) is 18.7. The first-order valence-corrected chi connectivity index (χ1v) is 12.5. The summed E-state index contributed by atoms with van der Waals surface area (Å²) in [6, 6.07) is 33.7. The first-order valence-electron chi connectivity index (χ1n) is 12.5. The molecule has 1 spiro atoms. The molecule has 0 fully saturated rings. The molecule has 0 aliphatic heterocycles.